The third-order valence-corrected chi connectivity index (χ3v) is 3.78. The van der Waals surface area contributed by atoms with Gasteiger partial charge in [0.1, 0.15) is 6.10 Å². The Morgan fingerprint density at radius 2 is 2.16 bits per heavy atom. The minimum atomic E-state index is -0.630. The number of hydrogen-bond donors (Lipinski definition) is 3. The van der Waals surface area contributed by atoms with Crippen LogP contribution in [-0.4, -0.2) is 50.3 Å². The molecule has 1 aromatic carbocycles. The van der Waals surface area contributed by atoms with Crippen LogP contribution in [0.1, 0.15) is 30.1 Å². The van der Waals surface area contributed by atoms with E-state index in [1.165, 1.54) is 0 Å². The minimum absolute atomic E-state index is 0. The summed E-state index contributed by atoms with van der Waals surface area (Å²) >= 11 is 0. The van der Waals surface area contributed by atoms with Gasteiger partial charge in [-0.05, 0) is 31.9 Å². The van der Waals surface area contributed by atoms with Crippen molar-refractivity contribution in [2.24, 2.45) is 5.73 Å². The Hall–Kier alpha value is -1.67. The quantitative estimate of drug-likeness (QED) is 0.639. The molecular formula is C17H26ClN3O4. The molecule has 7 nitrogen and oxygen atoms in total. The van der Waals surface area contributed by atoms with Crippen molar-refractivity contribution in [2.45, 2.75) is 32.0 Å². The van der Waals surface area contributed by atoms with Gasteiger partial charge in [0.15, 0.2) is 0 Å². The van der Waals surface area contributed by atoms with E-state index in [4.69, 9.17) is 15.2 Å². The fourth-order valence-corrected chi connectivity index (χ4v) is 2.41. The minimum Gasteiger partial charge on any atom is -0.376 e. The smallest absolute Gasteiger partial charge is 0.253 e. The van der Waals surface area contributed by atoms with Gasteiger partial charge in [0.05, 0.1) is 24.0 Å². The summed E-state index contributed by atoms with van der Waals surface area (Å²) in [5, 5.41) is 5.44. The number of ether oxygens (including phenoxy) is 2. The highest BCUT2D eigenvalue weighted by Gasteiger charge is 2.21. The normalized spacial score (nSPS) is 17.4. The highest BCUT2D eigenvalue weighted by Crippen LogP contribution is 2.16. The third kappa shape index (κ3) is 6.62. The highest BCUT2D eigenvalue weighted by atomic mass is 35.5. The number of amides is 2. The van der Waals surface area contributed by atoms with Gasteiger partial charge in [-0.25, -0.2) is 0 Å². The van der Waals surface area contributed by atoms with Crippen molar-refractivity contribution in [1.82, 2.24) is 5.32 Å². The number of carbonyl (C=O) groups is 2. The lowest BCUT2D eigenvalue weighted by atomic mass is 10.1. The first-order valence-electron chi connectivity index (χ1n) is 8.23. The van der Waals surface area contributed by atoms with Crippen LogP contribution in [0, 0.1) is 0 Å². The maximum atomic E-state index is 12.3. The number of carbonyl (C=O) groups excluding carboxylic acids is 2. The van der Waals surface area contributed by atoms with Gasteiger partial charge in [-0.3, -0.25) is 9.59 Å². The second kappa shape index (κ2) is 11.0. The number of nitrogens with one attached hydrogen (secondary N) is 2. The van der Waals surface area contributed by atoms with E-state index in [0.717, 1.165) is 19.4 Å². The summed E-state index contributed by atoms with van der Waals surface area (Å²) in [6.45, 7) is 3.56. The summed E-state index contributed by atoms with van der Waals surface area (Å²) in [6.07, 6.45) is 1.42. The summed E-state index contributed by atoms with van der Waals surface area (Å²) in [4.78, 5) is 24.4. The van der Waals surface area contributed by atoms with Crippen LogP contribution in [0.4, 0.5) is 5.69 Å². The van der Waals surface area contributed by atoms with Gasteiger partial charge in [-0.15, -0.1) is 12.4 Å². The van der Waals surface area contributed by atoms with Gasteiger partial charge >= 0.3 is 0 Å². The average Bonchev–Trinajstić information content (AvgIpc) is 3.11. The van der Waals surface area contributed by atoms with E-state index >= 15 is 0 Å². The Labute approximate surface area is 154 Å². The van der Waals surface area contributed by atoms with Crippen LogP contribution in [0.3, 0.4) is 0 Å². The van der Waals surface area contributed by atoms with Crippen molar-refractivity contribution < 1.29 is 19.1 Å². The second-order valence-corrected chi connectivity index (χ2v) is 5.69. The number of hydrogen-bond acceptors (Lipinski definition) is 5. The summed E-state index contributed by atoms with van der Waals surface area (Å²) in [7, 11) is 0. The van der Waals surface area contributed by atoms with Crippen molar-refractivity contribution in [3.63, 3.8) is 0 Å². The third-order valence-electron chi connectivity index (χ3n) is 3.78. The van der Waals surface area contributed by atoms with E-state index in [1.807, 2.05) is 0 Å². The Kier molecular flexibility index (Phi) is 9.44. The molecule has 1 heterocycles. The average molecular weight is 372 g/mol. The number of halogens is 1. The van der Waals surface area contributed by atoms with E-state index in [1.54, 1.807) is 31.2 Å². The zero-order valence-electron chi connectivity index (χ0n) is 14.3. The predicted molar refractivity (Wildman–Crippen MR) is 98.1 cm³/mol. The second-order valence-electron chi connectivity index (χ2n) is 5.69. The zero-order valence-corrected chi connectivity index (χ0v) is 15.1. The summed E-state index contributed by atoms with van der Waals surface area (Å²) < 4.78 is 11.0. The molecule has 2 amide bonds. The van der Waals surface area contributed by atoms with Gasteiger partial charge in [0, 0.05) is 19.7 Å². The Morgan fingerprint density at radius 3 is 2.84 bits per heavy atom. The molecule has 0 bridgehead atoms. The highest BCUT2D eigenvalue weighted by molar-refractivity contribution is 6.04. The Balaban J connectivity index is 0.00000312. The first kappa shape index (κ1) is 21.4. The molecule has 8 heteroatoms. The van der Waals surface area contributed by atoms with Gasteiger partial charge in [0.25, 0.3) is 11.8 Å². The van der Waals surface area contributed by atoms with Crippen LogP contribution in [0.5, 0.6) is 0 Å². The largest absolute Gasteiger partial charge is 0.376 e. The van der Waals surface area contributed by atoms with Crippen molar-refractivity contribution >= 4 is 29.9 Å². The predicted octanol–water partition coefficient (Wildman–Crippen LogP) is 1.32. The molecule has 0 spiro atoms. The molecule has 0 aliphatic carbocycles. The first-order chi connectivity index (χ1) is 11.6. The van der Waals surface area contributed by atoms with Crippen LogP contribution < -0.4 is 16.4 Å². The standard InChI is InChI=1S/C17H25N3O4.ClH/c1-12(24-11-13-5-4-10-23-13)16(21)20-15-7-3-2-6-14(15)17(22)19-9-8-18;/h2-3,6-7,12-13H,4-5,8-11,18H2,1H3,(H,19,22)(H,20,21);1H. The Morgan fingerprint density at radius 1 is 1.40 bits per heavy atom. The van der Waals surface area contributed by atoms with Crippen LogP contribution >= 0.6 is 12.4 Å². The number of para-hydroxylation sites is 1. The molecule has 1 saturated heterocycles. The summed E-state index contributed by atoms with van der Waals surface area (Å²) in [5.74, 6) is -0.573. The van der Waals surface area contributed by atoms with Crippen LogP contribution in [0.15, 0.2) is 24.3 Å². The topological polar surface area (TPSA) is 103 Å². The maximum Gasteiger partial charge on any atom is 0.253 e. The molecule has 1 aliphatic heterocycles. The number of nitrogens with two attached hydrogens (primary N) is 1. The first-order valence-corrected chi connectivity index (χ1v) is 8.23. The van der Waals surface area contributed by atoms with E-state index in [-0.39, 0.29) is 30.3 Å². The zero-order chi connectivity index (χ0) is 17.4. The van der Waals surface area contributed by atoms with E-state index < -0.39 is 6.10 Å². The van der Waals surface area contributed by atoms with Crippen molar-refractivity contribution in [1.29, 1.82) is 0 Å². The molecule has 140 valence electrons. The lowest BCUT2D eigenvalue weighted by Crippen LogP contribution is -2.33. The van der Waals surface area contributed by atoms with Crippen molar-refractivity contribution in [3.05, 3.63) is 29.8 Å². The van der Waals surface area contributed by atoms with Crippen LogP contribution in [0.25, 0.3) is 0 Å². The van der Waals surface area contributed by atoms with Gasteiger partial charge in [0.2, 0.25) is 0 Å². The molecule has 2 atom stereocenters. The van der Waals surface area contributed by atoms with E-state index in [0.29, 0.717) is 30.9 Å². The fraction of sp³-hybridized carbons (Fsp3) is 0.529. The van der Waals surface area contributed by atoms with Gasteiger partial charge in [-0.1, -0.05) is 12.1 Å². The molecule has 2 rings (SSSR count). The lowest BCUT2D eigenvalue weighted by Gasteiger charge is -2.17. The summed E-state index contributed by atoms with van der Waals surface area (Å²) in [5.41, 5.74) is 6.23. The summed E-state index contributed by atoms with van der Waals surface area (Å²) in [6, 6.07) is 6.83. The molecule has 4 N–H and O–H groups in total. The molecule has 0 saturated carbocycles. The SMILES string of the molecule is CC(OCC1CCCO1)C(=O)Nc1ccccc1C(=O)NCCN.Cl. The molecule has 2 unspecified atom stereocenters. The molecular weight excluding hydrogens is 346 g/mol. The molecule has 25 heavy (non-hydrogen) atoms. The van der Waals surface area contributed by atoms with E-state index in [2.05, 4.69) is 10.6 Å². The maximum absolute atomic E-state index is 12.3. The Bertz CT molecular complexity index is 565. The van der Waals surface area contributed by atoms with Crippen molar-refractivity contribution in [3.8, 4) is 0 Å². The van der Waals surface area contributed by atoms with Crippen LogP contribution in [0.2, 0.25) is 0 Å². The van der Waals surface area contributed by atoms with Gasteiger partial charge < -0.3 is 25.8 Å². The molecule has 1 fully saturated rings. The number of rotatable bonds is 8. The lowest BCUT2D eigenvalue weighted by molar-refractivity contribution is -0.128. The van der Waals surface area contributed by atoms with Crippen LogP contribution in [-0.2, 0) is 14.3 Å². The molecule has 0 aromatic heterocycles. The number of benzene rings is 1. The van der Waals surface area contributed by atoms with Crippen molar-refractivity contribution in [2.75, 3.05) is 31.6 Å². The molecule has 1 aromatic rings. The molecule has 1 aliphatic rings. The monoisotopic (exact) mass is 371 g/mol. The molecule has 0 radical (unpaired) electrons. The van der Waals surface area contributed by atoms with Gasteiger partial charge in [-0.2, -0.15) is 0 Å². The fourth-order valence-electron chi connectivity index (χ4n) is 2.41. The number of anilines is 1. The van der Waals surface area contributed by atoms with E-state index in [9.17, 15) is 9.59 Å².